The third-order valence-electron chi connectivity index (χ3n) is 3.66. The first-order valence-electron chi connectivity index (χ1n) is 6.18. The van der Waals surface area contributed by atoms with E-state index in [4.69, 9.17) is 16.3 Å². The van der Waals surface area contributed by atoms with Gasteiger partial charge < -0.3 is 10.1 Å². The number of hydrogen-bond acceptors (Lipinski definition) is 3. The van der Waals surface area contributed by atoms with Crippen molar-refractivity contribution in [3.63, 3.8) is 0 Å². The van der Waals surface area contributed by atoms with Crippen LogP contribution in [-0.2, 0) is 4.74 Å². The smallest absolute Gasteiger partial charge is 0.414 e. The molecule has 96 valence electrons. The molecule has 0 radical (unpaired) electrons. The summed E-state index contributed by atoms with van der Waals surface area (Å²) in [5.41, 5.74) is 0.749. The summed E-state index contributed by atoms with van der Waals surface area (Å²) in [4.78, 5) is 13.6. The number of nitrogens with zero attached hydrogens (tertiary/aromatic N) is 1. The maximum absolute atomic E-state index is 11.9. The average molecular weight is 267 g/mol. The van der Waals surface area contributed by atoms with Gasteiger partial charge in [0.15, 0.2) is 0 Å². The van der Waals surface area contributed by atoms with Gasteiger partial charge in [-0.05, 0) is 31.0 Å². The van der Waals surface area contributed by atoms with Gasteiger partial charge in [0.2, 0.25) is 0 Å². The SMILES string of the molecule is O=C1OCC(C2CCNC2)N1c1ccccc1Cl. The highest BCUT2D eigenvalue weighted by molar-refractivity contribution is 6.33. The number of amides is 1. The number of carbonyl (C=O) groups is 1. The summed E-state index contributed by atoms with van der Waals surface area (Å²) >= 11 is 6.18. The first-order chi connectivity index (χ1) is 8.77. The normalized spacial score (nSPS) is 27.6. The predicted octanol–water partition coefficient (Wildman–Crippen LogP) is 2.27. The highest BCUT2D eigenvalue weighted by Gasteiger charge is 2.40. The fourth-order valence-electron chi connectivity index (χ4n) is 2.71. The molecule has 1 amide bonds. The van der Waals surface area contributed by atoms with Crippen LogP contribution >= 0.6 is 11.6 Å². The number of ether oxygens (including phenoxy) is 1. The molecule has 3 rings (SSSR count). The summed E-state index contributed by atoms with van der Waals surface area (Å²) in [7, 11) is 0. The number of para-hydroxylation sites is 1. The Kier molecular flexibility index (Phi) is 3.14. The Morgan fingerprint density at radius 2 is 2.22 bits per heavy atom. The van der Waals surface area contributed by atoms with Gasteiger partial charge in [0.05, 0.1) is 16.8 Å². The first-order valence-corrected chi connectivity index (χ1v) is 6.56. The molecule has 0 bridgehead atoms. The minimum absolute atomic E-state index is 0.0902. The lowest BCUT2D eigenvalue weighted by molar-refractivity contribution is 0.176. The number of cyclic esters (lactones) is 1. The number of halogens is 1. The van der Waals surface area contributed by atoms with E-state index >= 15 is 0 Å². The zero-order chi connectivity index (χ0) is 12.5. The zero-order valence-corrected chi connectivity index (χ0v) is 10.7. The highest BCUT2D eigenvalue weighted by atomic mass is 35.5. The largest absolute Gasteiger partial charge is 0.447 e. The van der Waals surface area contributed by atoms with E-state index in [0.29, 0.717) is 17.5 Å². The van der Waals surface area contributed by atoms with Crippen molar-refractivity contribution in [3.8, 4) is 0 Å². The molecular formula is C13H15ClN2O2. The molecule has 0 spiro atoms. The molecule has 0 saturated carbocycles. The Labute approximate surface area is 111 Å². The van der Waals surface area contributed by atoms with Gasteiger partial charge in [-0.1, -0.05) is 23.7 Å². The molecule has 2 saturated heterocycles. The fourth-order valence-corrected chi connectivity index (χ4v) is 2.94. The third kappa shape index (κ3) is 1.95. The second kappa shape index (κ2) is 4.78. The summed E-state index contributed by atoms with van der Waals surface area (Å²) in [6.45, 7) is 2.39. The van der Waals surface area contributed by atoms with Crippen molar-refractivity contribution >= 4 is 23.4 Å². The van der Waals surface area contributed by atoms with E-state index in [9.17, 15) is 4.79 Å². The van der Waals surface area contributed by atoms with Gasteiger partial charge in [0.1, 0.15) is 6.61 Å². The van der Waals surface area contributed by atoms with Crippen LogP contribution in [0.2, 0.25) is 5.02 Å². The van der Waals surface area contributed by atoms with E-state index in [1.165, 1.54) is 0 Å². The first kappa shape index (κ1) is 11.8. The molecule has 1 aromatic carbocycles. The molecule has 1 N–H and O–H groups in total. The van der Waals surface area contributed by atoms with Gasteiger partial charge in [-0.3, -0.25) is 4.90 Å². The molecule has 2 fully saturated rings. The van der Waals surface area contributed by atoms with Gasteiger partial charge >= 0.3 is 6.09 Å². The second-order valence-electron chi connectivity index (χ2n) is 4.72. The molecule has 0 aliphatic carbocycles. The maximum Gasteiger partial charge on any atom is 0.414 e. The summed E-state index contributed by atoms with van der Waals surface area (Å²) in [6.07, 6.45) is 0.780. The van der Waals surface area contributed by atoms with Crippen LogP contribution in [0.4, 0.5) is 10.5 Å². The van der Waals surface area contributed by atoms with Crippen LogP contribution in [0.15, 0.2) is 24.3 Å². The predicted molar refractivity (Wildman–Crippen MR) is 70.0 cm³/mol. The minimum Gasteiger partial charge on any atom is -0.447 e. The number of anilines is 1. The van der Waals surface area contributed by atoms with Gasteiger partial charge in [0, 0.05) is 6.54 Å². The van der Waals surface area contributed by atoms with E-state index in [1.807, 2.05) is 18.2 Å². The van der Waals surface area contributed by atoms with E-state index in [0.717, 1.165) is 25.2 Å². The van der Waals surface area contributed by atoms with Crippen LogP contribution < -0.4 is 10.2 Å². The Morgan fingerprint density at radius 1 is 1.39 bits per heavy atom. The fraction of sp³-hybridized carbons (Fsp3) is 0.462. The standard InChI is InChI=1S/C13H15ClN2O2/c14-10-3-1-2-4-11(10)16-12(8-18-13(16)17)9-5-6-15-7-9/h1-4,9,12,15H,5-8H2. The number of carbonyl (C=O) groups excluding carboxylic acids is 1. The molecule has 2 unspecified atom stereocenters. The van der Waals surface area contributed by atoms with Gasteiger partial charge in [0.25, 0.3) is 0 Å². The monoisotopic (exact) mass is 266 g/mol. The van der Waals surface area contributed by atoms with E-state index in [2.05, 4.69) is 5.32 Å². The number of rotatable bonds is 2. The molecular weight excluding hydrogens is 252 g/mol. The Balaban J connectivity index is 1.92. The molecule has 4 nitrogen and oxygen atoms in total. The van der Waals surface area contributed by atoms with Crippen LogP contribution in [0.5, 0.6) is 0 Å². The Morgan fingerprint density at radius 3 is 2.94 bits per heavy atom. The number of hydrogen-bond donors (Lipinski definition) is 1. The third-order valence-corrected chi connectivity index (χ3v) is 3.98. The van der Waals surface area contributed by atoms with E-state index in [1.54, 1.807) is 11.0 Å². The lowest BCUT2D eigenvalue weighted by Gasteiger charge is -2.26. The number of nitrogens with one attached hydrogen (secondary N) is 1. The minimum atomic E-state index is -0.292. The molecule has 1 aromatic rings. The van der Waals surface area contributed by atoms with Gasteiger partial charge in [-0.25, -0.2) is 4.79 Å². The lowest BCUT2D eigenvalue weighted by Crippen LogP contribution is -2.40. The van der Waals surface area contributed by atoms with Crippen molar-refractivity contribution in [1.82, 2.24) is 5.32 Å². The van der Waals surface area contributed by atoms with Gasteiger partial charge in [-0.2, -0.15) is 0 Å². The molecule has 2 atom stereocenters. The molecule has 18 heavy (non-hydrogen) atoms. The van der Waals surface area contributed by atoms with Crippen LogP contribution in [0.1, 0.15) is 6.42 Å². The highest BCUT2D eigenvalue weighted by Crippen LogP contribution is 2.33. The Bertz CT molecular complexity index is 460. The molecule has 5 heteroatoms. The van der Waals surface area contributed by atoms with Crippen LogP contribution in [0.25, 0.3) is 0 Å². The summed E-state index contributed by atoms with van der Waals surface area (Å²) in [5.74, 6) is 0.438. The molecule has 2 aliphatic rings. The summed E-state index contributed by atoms with van der Waals surface area (Å²) in [6, 6.07) is 7.50. The average Bonchev–Trinajstić information content (AvgIpc) is 2.99. The summed E-state index contributed by atoms with van der Waals surface area (Å²) in [5, 5.41) is 3.91. The van der Waals surface area contributed by atoms with E-state index in [-0.39, 0.29) is 12.1 Å². The molecule has 0 aromatic heterocycles. The van der Waals surface area contributed by atoms with Gasteiger partial charge in [-0.15, -0.1) is 0 Å². The summed E-state index contributed by atoms with van der Waals surface area (Å²) < 4.78 is 5.20. The number of benzene rings is 1. The van der Waals surface area contributed by atoms with Crippen molar-refractivity contribution in [2.45, 2.75) is 12.5 Å². The van der Waals surface area contributed by atoms with Crippen LogP contribution in [-0.4, -0.2) is 31.8 Å². The van der Waals surface area contributed by atoms with Crippen molar-refractivity contribution in [1.29, 1.82) is 0 Å². The maximum atomic E-state index is 11.9. The zero-order valence-electron chi connectivity index (χ0n) is 9.93. The van der Waals surface area contributed by atoms with E-state index < -0.39 is 0 Å². The molecule has 2 heterocycles. The van der Waals surface area contributed by atoms with Crippen molar-refractivity contribution in [2.24, 2.45) is 5.92 Å². The van der Waals surface area contributed by atoms with Crippen molar-refractivity contribution in [3.05, 3.63) is 29.3 Å². The van der Waals surface area contributed by atoms with Crippen molar-refractivity contribution < 1.29 is 9.53 Å². The quantitative estimate of drug-likeness (QED) is 0.893. The lowest BCUT2D eigenvalue weighted by atomic mass is 9.98. The molecule has 2 aliphatic heterocycles. The van der Waals surface area contributed by atoms with Crippen LogP contribution in [0.3, 0.4) is 0 Å². The second-order valence-corrected chi connectivity index (χ2v) is 5.13. The van der Waals surface area contributed by atoms with Crippen molar-refractivity contribution in [2.75, 3.05) is 24.6 Å². The topological polar surface area (TPSA) is 41.6 Å². The Hall–Kier alpha value is -1.26. The van der Waals surface area contributed by atoms with Crippen LogP contribution in [0, 0.1) is 5.92 Å².